The molecule has 0 aromatic heterocycles. The standard InChI is InChI=1S/C29H37N.ClH/c1-3-7-26(8-4-1)28(29-18-23-15-24(19-29)17-25(16-23)20-29)27-11-9-22(10-12-27)21-30-13-5-2-6-14-30;/h1,3-4,7-12,23-25,28H,2,5-6,13-21H2;1H. The van der Waals surface area contributed by atoms with Crippen LogP contribution in [0.15, 0.2) is 54.6 Å². The lowest BCUT2D eigenvalue weighted by molar-refractivity contribution is -0.0618. The molecule has 4 aliphatic carbocycles. The molecule has 0 N–H and O–H groups in total. The van der Waals surface area contributed by atoms with Crippen LogP contribution in [0.2, 0.25) is 0 Å². The van der Waals surface area contributed by atoms with Crippen molar-refractivity contribution >= 4 is 12.4 Å². The van der Waals surface area contributed by atoms with Crippen LogP contribution >= 0.6 is 12.4 Å². The van der Waals surface area contributed by atoms with E-state index in [4.69, 9.17) is 0 Å². The monoisotopic (exact) mass is 435 g/mol. The minimum absolute atomic E-state index is 0. The molecule has 0 amide bonds. The molecule has 4 bridgehead atoms. The second-order valence-electron chi connectivity index (χ2n) is 11.2. The van der Waals surface area contributed by atoms with Crippen molar-refractivity contribution in [2.45, 2.75) is 70.3 Å². The topological polar surface area (TPSA) is 3.24 Å². The summed E-state index contributed by atoms with van der Waals surface area (Å²) in [5, 5.41) is 0. The Bertz CT molecular complexity index is 817. The highest BCUT2D eigenvalue weighted by atomic mass is 35.5. The highest BCUT2D eigenvalue weighted by molar-refractivity contribution is 5.85. The van der Waals surface area contributed by atoms with E-state index in [2.05, 4.69) is 59.5 Å². The van der Waals surface area contributed by atoms with E-state index in [1.807, 2.05) is 0 Å². The first kappa shape index (κ1) is 21.5. The Morgan fingerprint density at radius 3 is 1.84 bits per heavy atom. The Kier molecular flexibility index (Phi) is 6.19. The normalized spacial score (nSPS) is 33.1. The van der Waals surface area contributed by atoms with Gasteiger partial charge in [0.1, 0.15) is 0 Å². The van der Waals surface area contributed by atoms with Crippen molar-refractivity contribution in [1.29, 1.82) is 0 Å². The van der Waals surface area contributed by atoms with Crippen molar-refractivity contribution in [1.82, 2.24) is 4.90 Å². The van der Waals surface area contributed by atoms with Gasteiger partial charge < -0.3 is 0 Å². The molecule has 1 unspecified atom stereocenters. The first-order valence-electron chi connectivity index (χ1n) is 12.6. The summed E-state index contributed by atoms with van der Waals surface area (Å²) in [6.45, 7) is 3.69. The molecule has 166 valence electrons. The van der Waals surface area contributed by atoms with Gasteiger partial charge in [-0.1, -0.05) is 61.0 Å². The van der Waals surface area contributed by atoms with E-state index in [-0.39, 0.29) is 12.4 Å². The Balaban J connectivity index is 0.00000204. The van der Waals surface area contributed by atoms with E-state index in [1.165, 1.54) is 76.4 Å². The molecular weight excluding hydrogens is 398 g/mol. The fourth-order valence-corrected chi connectivity index (χ4v) is 8.27. The van der Waals surface area contributed by atoms with Crippen LogP contribution in [-0.2, 0) is 6.54 Å². The number of benzene rings is 2. The Hall–Kier alpha value is -1.31. The number of hydrogen-bond acceptors (Lipinski definition) is 1. The number of nitrogens with zero attached hydrogens (tertiary/aromatic N) is 1. The van der Waals surface area contributed by atoms with Crippen LogP contribution in [0.5, 0.6) is 0 Å². The SMILES string of the molecule is Cl.c1ccc(C(c2ccc(CN3CCCCC3)cc2)C23CC4CC(CC(C4)C2)C3)cc1. The smallest absolute Gasteiger partial charge is 0.0233 e. The lowest BCUT2D eigenvalue weighted by Crippen LogP contribution is -2.49. The first-order valence-corrected chi connectivity index (χ1v) is 12.6. The summed E-state index contributed by atoms with van der Waals surface area (Å²) in [4.78, 5) is 2.65. The van der Waals surface area contributed by atoms with E-state index in [0.29, 0.717) is 11.3 Å². The van der Waals surface area contributed by atoms with Crippen LogP contribution in [0, 0.1) is 23.2 Å². The maximum atomic E-state index is 2.65. The summed E-state index contributed by atoms with van der Waals surface area (Å²) < 4.78 is 0. The first-order chi connectivity index (χ1) is 14.8. The van der Waals surface area contributed by atoms with Gasteiger partial charge in [0.2, 0.25) is 0 Å². The number of likely N-dealkylation sites (tertiary alicyclic amines) is 1. The molecule has 2 aromatic rings. The van der Waals surface area contributed by atoms with Crippen molar-refractivity contribution in [3.8, 4) is 0 Å². The Labute approximate surface area is 195 Å². The molecule has 1 atom stereocenters. The van der Waals surface area contributed by atoms with E-state index in [1.54, 1.807) is 11.1 Å². The van der Waals surface area contributed by atoms with E-state index in [9.17, 15) is 0 Å². The summed E-state index contributed by atoms with van der Waals surface area (Å²) in [5.41, 5.74) is 5.14. The molecular formula is C29H38ClN. The average Bonchev–Trinajstić information content (AvgIpc) is 2.76. The summed E-state index contributed by atoms with van der Waals surface area (Å²) in [7, 11) is 0. The number of rotatable bonds is 5. The van der Waals surface area contributed by atoms with Gasteiger partial charge in [-0.3, -0.25) is 4.90 Å². The highest BCUT2D eigenvalue weighted by Crippen LogP contribution is 2.65. The highest BCUT2D eigenvalue weighted by Gasteiger charge is 2.54. The molecule has 1 aliphatic heterocycles. The second kappa shape index (κ2) is 8.91. The number of piperidine rings is 1. The maximum absolute atomic E-state index is 2.65. The van der Waals surface area contributed by atoms with E-state index >= 15 is 0 Å². The average molecular weight is 436 g/mol. The van der Waals surface area contributed by atoms with Crippen LogP contribution in [0.4, 0.5) is 0 Å². The molecule has 2 heteroatoms. The van der Waals surface area contributed by atoms with Crippen molar-refractivity contribution in [3.63, 3.8) is 0 Å². The Morgan fingerprint density at radius 2 is 1.26 bits per heavy atom. The van der Waals surface area contributed by atoms with Crippen molar-refractivity contribution < 1.29 is 0 Å². The number of hydrogen-bond donors (Lipinski definition) is 0. The summed E-state index contributed by atoms with van der Waals surface area (Å²) >= 11 is 0. The van der Waals surface area contributed by atoms with Gasteiger partial charge in [0, 0.05) is 12.5 Å². The zero-order valence-electron chi connectivity index (χ0n) is 18.8. The van der Waals surface area contributed by atoms with Gasteiger partial charge in [-0.25, -0.2) is 0 Å². The van der Waals surface area contributed by atoms with Crippen molar-refractivity contribution in [2.75, 3.05) is 13.1 Å². The predicted octanol–water partition coefficient (Wildman–Crippen LogP) is 7.44. The molecule has 31 heavy (non-hydrogen) atoms. The van der Waals surface area contributed by atoms with Crippen molar-refractivity contribution in [2.24, 2.45) is 23.2 Å². The van der Waals surface area contributed by atoms with Crippen LogP contribution in [-0.4, -0.2) is 18.0 Å². The molecule has 1 heterocycles. The van der Waals surface area contributed by atoms with Gasteiger partial charge in [-0.05, 0) is 104 Å². The molecule has 5 fully saturated rings. The fraction of sp³-hybridized carbons (Fsp3) is 0.586. The van der Waals surface area contributed by atoms with Crippen LogP contribution in [0.3, 0.4) is 0 Å². The molecule has 1 nitrogen and oxygen atoms in total. The van der Waals surface area contributed by atoms with Crippen LogP contribution < -0.4 is 0 Å². The summed E-state index contributed by atoms with van der Waals surface area (Å²) in [6, 6.07) is 21.4. The lowest BCUT2D eigenvalue weighted by atomic mass is 9.45. The largest absolute Gasteiger partial charge is 0.299 e. The maximum Gasteiger partial charge on any atom is 0.0233 e. The predicted molar refractivity (Wildman–Crippen MR) is 132 cm³/mol. The molecule has 0 radical (unpaired) electrons. The third-order valence-corrected chi connectivity index (χ3v) is 9.00. The quantitative estimate of drug-likeness (QED) is 0.471. The second-order valence-corrected chi connectivity index (χ2v) is 11.2. The van der Waals surface area contributed by atoms with Gasteiger partial charge in [0.25, 0.3) is 0 Å². The molecule has 2 aromatic carbocycles. The minimum Gasteiger partial charge on any atom is -0.299 e. The van der Waals surface area contributed by atoms with Gasteiger partial charge in [0.05, 0.1) is 0 Å². The lowest BCUT2D eigenvalue weighted by Gasteiger charge is -2.60. The number of halogens is 1. The van der Waals surface area contributed by atoms with Gasteiger partial charge in [-0.15, -0.1) is 12.4 Å². The third-order valence-electron chi connectivity index (χ3n) is 9.00. The molecule has 1 saturated heterocycles. The fourth-order valence-electron chi connectivity index (χ4n) is 8.27. The summed E-state index contributed by atoms with van der Waals surface area (Å²) in [6.07, 6.45) is 13.1. The molecule has 4 saturated carbocycles. The third kappa shape index (κ3) is 4.21. The minimum atomic E-state index is 0. The Morgan fingerprint density at radius 1 is 0.710 bits per heavy atom. The van der Waals surface area contributed by atoms with Crippen LogP contribution in [0.25, 0.3) is 0 Å². The summed E-state index contributed by atoms with van der Waals surface area (Å²) in [5.74, 6) is 3.58. The van der Waals surface area contributed by atoms with E-state index in [0.717, 1.165) is 24.3 Å². The zero-order chi connectivity index (χ0) is 20.0. The van der Waals surface area contributed by atoms with Gasteiger partial charge >= 0.3 is 0 Å². The van der Waals surface area contributed by atoms with E-state index < -0.39 is 0 Å². The molecule has 5 aliphatic rings. The van der Waals surface area contributed by atoms with Crippen molar-refractivity contribution in [3.05, 3.63) is 71.3 Å². The molecule has 0 spiro atoms. The molecule has 7 rings (SSSR count). The van der Waals surface area contributed by atoms with Gasteiger partial charge in [0.15, 0.2) is 0 Å². The van der Waals surface area contributed by atoms with Gasteiger partial charge in [-0.2, -0.15) is 0 Å². The van der Waals surface area contributed by atoms with Crippen LogP contribution in [0.1, 0.15) is 80.4 Å². The zero-order valence-corrected chi connectivity index (χ0v) is 19.7.